The van der Waals surface area contributed by atoms with E-state index in [1.807, 2.05) is 0 Å². The zero-order valence-electron chi connectivity index (χ0n) is 26.3. The van der Waals surface area contributed by atoms with E-state index in [-0.39, 0.29) is 85.9 Å². The summed E-state index contributed by atoms with van der Waals surface area (Å²) in [7, 11) is -13.7. The Morgan fingerprint density at radius 2 is 0.654 bits per heavy atom. The smallest absolute Gasteiger partial charge is 0.548 e. The number of carbonyl (C=O) groups excluding carboxylic acids is 3. The largest absolute Gasteiger partial charge is 3.00 e. The number of benzene rings is 3. The first kappa shape index (κ1) is 49.4. The maximum atomic E-state index is 10.5. The van der Waals surface area contributed by atoms with Crippen molar-refractivity contribution in [2.24, 2.45) is 17.2 Å². The molecule has 0 amide bonds. The molecular formula is C27H33EuN3O18P3. The van der Waals surface area contributed by atoms with Gasteiger partial charge in [-0.3, -0.25) is 29.4 Å². The fourth-order valence-electron chi connectivity index (χ4n) is 3.48. The minimum Gasteiger partial charge on any atom is -0.548 e. The topological polar surface area (TPSA) is 399 Å². The third-order valence-corrected chi connectivity index (χ3v) is 7.06. The van der Waals surface area contributed by atoms with E-state index >= 15 is 0 Å². The van der Waals surface area contributed by atoms with Crippen LogP contribution >= 0.6 is 23.5 Å². The maximum Gasteiger partial charge on any atom is 3.00 e. The number of rotatable bonds is 15. The summed E-state index contributed by atoms with van der Waals surface area (Å²) in [6, 6.07) is 13.3. The number of carboxylic acids is 3. The van der Waals surface area contributed by atoms with E-state index in [9.17, 15) is 43.4 Å². The third-order valence-electron chi connectivity index (χ3n) is 5.72. The van der Waals surface area contributed by atoms with Crippen molar-refractivity contribution < 1.29 is 136 Å². The molecule has 0 heterocycles. The van der Waals surface area contributed by atoms with Crippen molar-refractivity contribution in [3.05, 3.63) is 89.5 Å². The summed E-state index contributed by atoms with van der Waals surface area (Å²) in [5.41, 5.74) is 17.6. The van der Waals surface area contributed by atoms with Crippen LogP contribution in [0.4, 0.5) is 0 Å². The minimum atomic E-state index is -4.57. The molecule has 0 aromatic heterocycles. The van der Waals surface area contributed by atoms with Gasteiger partial charge in [0.25, 0.3) is 0 Å². The fraction of sp³-hybridized carbons (Fsp3) is 0.222. The summed E-state index contributed by atoms with van der Waals surface area (Å²) in [6.45, 7) is 0. The van der Waals surface area contributed by atoms with E-state index in [0.717, 1.165) is 0 Å². The third kappa shape index (κ3) is 23.1. The Kier molecular flexibility index (Phi) is 21.4. The monoisotopic (exact) mass is 933 g/mol. The summed E-state index contributed by atoms with van der Waals surface area (Å²) in [5, 5.41) is 31.2. The van der Waals surface area contributed by atoms with Gasteiger partial charge >= 0.3 is 72.8 Å². The number of carbonyl (C=O) groups is 3. The number of phosphoric acid groups is 3. The van der Waals surface area contributed by atoms with Crippen molar-refractivity contribution in [1.29, 1.82) is 0 Å². The predicted molar refractivity (Wildman–Crippen MR) is 167 cm³/mol. The molecule has 0 bridgehead atoms. The molecule has 3 aromatic carbocycles. The van der Waals surface area contributed by atoms with Crippen LogP contribution in [0.15, 0.2) is 72.8 Å². The number of nitrogens with two attached hydrogens (primary N) is 3. The first-order chi connectivity index (χ1) is 23.3. The Labute approximate surface area is 336 Å². The average molecular weight is 932 g/mol. The van der Waals surface area contributed by atoms with E-state index < -0.39 is 59.5 Å². The molecule has 25 heteroatoms. The molecule has 0 unspecified atom stereocenters. The molecule has 0 radical (unpaired) electrons. The van der Waals surface area contributed by atoms with Crippen LogP contribution in [0.2, 0.25) is 0 Å². The van der Waals surface area contributed by atoms with Crippen LogP contribution in [0.5, 0.6) is 17.2 Å². The van der Waals surface area contributed by atoms with Crippen molar-refractivity contribution >= 4 is 41.4 Å². The quantitative estimate of drug-likeness (QED) is 0.0663. The van der Waals surface area contributed by atoms with Crippen LogP contribution in [0.3, 0.4) is 0 Å². The number of carboxylic acid groups (broad SMARTS) is 3. The molecule has 3 rings (SSSR count). The van der Waals surface area contributed by atoms with Crippen LogP contribution in [-0.4, -0.2) is 65.4 Å². The van der Waals surface area contributed by atoms with Crippen molar-refractivity contribution in [2.75, 3.05) is 0 Å². The molecule has 0 aliphatic heterocycles. The molecule has 21 nitrogen and oxygen atoms in total. The van der Waals surface area contributed by atoms with Gasteiger partial charge < -0.3 is 60.5 Å². The van der Waals surface area contributed by atoms with Gasteiger partial charge in [-0.25, -0.2) is 13.7 Å². The zero-order valence-corrected chi connectivity index (χ0v) is 31.4. The molecule has 0 aliphatic rings. The van der Waals surface area contributed by atoms with Crippen LogP contribution in [0, 0.1) is 49.4 Å². The fourth-order valence-corrected chi connectivity index (χ4v) is 4.67. The maximum absolute atomic E-state index is 10.5. The molecule has 286 valence electrons. The van der Waals surface area contributed by atoms with E-state index in [2.05, 4.69) is 13.6 Å². The summed E-state index contributed by atoms with van der Waals surface area (Å²) < 4.78 is 44.5. The molecule has 0 saturated carbocycles. The van der Waals surface area contributed by atoms with Crippen molar-refractivity contribution in [2.45, 2.75) is 37.4 Å². The second kappa shape index (κ2) is 22.6. The number of phosphoric ester groups is 3. The van der Waals surface area contributed by atoms with Crippen LogP contribution < -0.4 is 46.1 Å². The molecule has 52 heavy (non-hydrogen) atoms. The molecule has 0 spiro atoms. The molecule has 3 atom stereocenters. The first-order valence-corrected chi connectivity index (χ1v) is 18.3. The van der Waals surface area contributed by atoms with E-state index in [1.54, 1.807) is 0 Å². The SMILES string of the molecule is N[C@@H](Cc1ccc(OP(=O)(O)O)cc1)C(=O)[O-].N[C@@H](Cc1ccc(OP(=O)(O)O)cc1)C(=O)[O-].N[C@@H](Cc1ccc(OP(=O)(O)O)cc1)C(=O)[O-].[Eu+3]. The number of hydrogen-bond acceptors (Lipinski definition) is 15. The number of hydrogen-bond donors (Lipinski definition) is 9. The van der Waals surface area contributed by atoms with Crippen LogP contribution in [0.25, 0.3) is 0 Å². The van der Waals surface area contributed by atoms with E-state index in [1.165, 1.54) is 72.8 Å². The van der Waals surface area contributed by atoms with Gasteiger partial charge in [0.05, 0.1) is 17.9 Å². The van der Waals surface area contributed by atoms with Crippen LogP contribution in [0.1, 0.15) is 16.7 Å². The van der Waals surface area contributed by atoms with Gasteiger partial charge in [-0.1, -0.05) is 36.4 Å². The summed E-state index contributed by atoms with van der Waals surface area (Å²) in [6.07, 6.45) is 0.204. The molecule has 12 N–H and O–H groups in total. The van der Waals surface area contributed by atoms with Gasteiger partial charge in [0.1, 0.15) is 17.2 Å². The van der Waals surface area contributed by atoms with E-state index in [4.69, 9.17) is 46.6 Å². The van der Waals surface area contributed by atoms with Gasteiger partial charge in [0.2, 0.25) is 0 Å². The van der Waals surface area contributed by atoms with Gasteiger partial charge in [0.15, 0.2) is 0 Å². The zero-order chi connectivity index (χ0) is 39.2. The van der Waals surface area contributed by atoms with Gasteiger partial charge in [-0.05, 0) is 72.4 Å². The summed E-state index contributed by atoms with van der Waals surface area (Å²) in [5.74, 6) is -4.11. The Morgan fingerprint density at radius 3 is 0.788 bits per heavy atom. The standard InChI is InChI=1S/3C9H12NO6P.Eu/c3*10-8(9(11)12)5-6-1-3-7(4-2-6)16-17(13,14)15;/h3*1-4,8H,5,10H2,(H,11,12)(H2,13,14,15);/q;;;+3/p-3/t3*8-;/m000./s1. The van der Waals surface area contributed by atoms with Gasteiger partial charge in [-0.2, -0.15) is 0 Å². The summed E-state index contributed by atoms with van der Waals surface area (Å²) >= 11 is 0. The Hall–Kier alpha value is -2.62. The second-order valence-electron chi connectivity index (χ2n) is 10.1. The Bertz CT molecular complexity index is 1530. The molecular weight excluding hydrogens is 899 g/mol. The molecule has 0 fully saturated rings. The van der Waals surface area contributed by atoms with Crippen LogP contribution in [-0.2, 0) is 47.3 Å². The Balaban J connectivity index is 0.000000743. The molecule has 0 aliphatic carbocycles. The minimum absolute atomic E-state index is 0. The molecule has 0 saturated heterocycles. The second-order valence-corrected chi connectivity index (χ2v) is 13.6. The summed E-state index contributed by atoms with van der Waals surface area (Å²) in [4.78, 5) is 82.4. The Morgan fingerprint density at radius 1 is 0.481 bits per heavy atom. The predicted octanol–water partition coefficient (Wildman–Crippen LogP) is -3.67. The molecule has 3 aromatic rings. The number of aliphatic carboxylic acids is 3. The van der Waals surface area contributed by atoms with Gasteiger partial charge in [0, 0.05) is 18.1 Å². The van der Waals surface area contributed by atoms with E-state index in [0.29, 0.717) is 16.7 Å². The normalized spacial score (nSPS) is 12.9. The van der Waals surface area contributed by atoms with Crippen molar-refractivity contribution in [1.82, 2.24) is 0 Å². The van der Waals surface area contributed by atoms with Crippen molar-refractivity contribution in [3.63, 3.8) is 0 Å². The average Bonchev–Trinajstić information content (AvgIpc) is 2.98. The first-order valence-electron chi connectivity index (χ1n) is 13.7. The van der Waals surface area contributed by atoms with Gasteiger partial charge in [-0.15, -0.1) is 0 Å². The van der Waals surface area contributed by atoms with Crippen molar-refractivity contribution in [3.8, 4) is 17.2 Å².